The van der Waals surface area contributed by atoms with Crippen LogP contribution < -0.4 is 10.5 Å². The summed E-state index contributed by atoms with van der Waals surface area (Å²) in [6.45, 7) is 3.36. The van der Waals surface area contributed by atoms with Gasteiger partial charge in [-0.15, -0.1) is 0 Å². The number of halogens is 3. The fraction of sp³-hybridized carbons (Fsp3) is 0.300. The molecule has 4 aromatic rings. The van der Waals surface area contributed by atoms with E-state index in [-0.39, 0.29) is 28.2 Å². The van der Waals surface area contributed by atoms with Crippen LogP contribution in [0, 0.1) is 0 Å². The maximum atomic E-state index is 13.8. The van der Waals surface area contributed by atoms with Crippen LogP contribution in [0.15, 0.2) is 41.5 Å². The van der Waals surface area contributed by atoms with Crippen LogP contribution in [0.1, 0.15) is 12.6 Å². The van der Waals surface area contributed by atoms with Gasteiger partial charge < -0.3 is 9.64 Å². The largest absolute Gasteiger partial charge is 0.433 e. The van der Waals surface area contributed by atoms with Crippen molar-refractivity contribution in [1.29, 1.82) is 0 Å². The number of nitrogens with one attached hydrogen (secondary N) is 2. The molecule has 0 aromatic carbocycles. The number of hydrogen-bond acceptors (Lipinski definition) is 6. The van der Waals surface area contributed by atoms with E-state index in [1.54, 1.807) is 6.07 Å². The molecule has 5 rings (SSSR count). The lowest BCUT2D eigenvalue weighted by Crippen LogP contribution is -2.44. The fourth-order valence-corrected chi connectivity index (χ4v) is 3.94. The third-order valence-electron chi connectivity index (χ3n) is 5.39. The molecule has 4 aromatic heterocycles. The van der Waals surface area contributed by atoms with Gasteiger partial charge in [0.2, 0.25) is 0 Å². The van der Waals surface area contributed by atoms with E-state index in [0.29, 0.717) is 31.4 Å². The van der Waals surface area contributed by atoms with Crippen LogP contribution in [0.2, 0.25) is 0 Å². The number of ether oxygens (including phenoxy) is 1. The van der Waals surface area contributed by atoms with Crippen molar-refractivity contribution in [2.24, 2.45) is 0 Å². The number of aromatic nitrogens is 6. The van der Waals surface area contributed by atoms with Gasteiger partial charge in [0.1, 0.15) is 11.6 Å². The van der Waals surface area contributed by atoms with Crippen molar-refractivity contribution in [1.82, 2.24) is 29.9 Å². The van der Waals surface area contributed by atoms with E-state index in [0.717, 1.165) is 6.20 Å². The second-order valence-electron chi connectivity index (χ2n) is 7.46. The average Bonchev–Trinajstić information content (AvgIpc) is 3.41. The lowest BCUT2D eigenvalue weighted by molar-refractivity contribution is -0.140. The Morgan fingerprint density at radius 2 is 2.06 bits per heavy atom. The first-order chi connectivity index (χ1) is 15.3. The Morgan fingerprint density at radius 3 is 2.78 bits per heavy atom. The van der Waals surface area contributed by atoms with Crippen molar-refractivity contribution >= 4 is 16.9 Å². The topological polar surface area (TPSA) is 105 Å². The summed E-state index contributed by atoms with van der Waals surface area (Å²) >= 11 is 0. The predicted molar refractivity (Wildman–Crippen MR) is 110 cm³/mol. The Morgan fingerprint density at radius 1 is 1.22 bits per heavy atom. The summed E-state index contributed by atoms with van der Waals surface area (Å²) in [6.07, 6.45) is -2.12. The van der Waals surface area contributed by atoms with Gasteiger partial charge in [-0.2, -0.15) is 18.3 Å². The number of hydrogen-bond donors (Lipinski definition) is 2. The average molecular weight is 445 g/mol. The molecule has 1 aliphatic rings. The Bertz CT molecular complexity index is 1330. The van der Waals surface area contributed by atoms with Crippen LogP contribution in [-0.2, 0) is 10.9 Å². The van der Waals surface area contributed by atoms with E-state index in [4.69, 9.17) is 4.74 Å². The lowest BCUT2D eigenvalue weighted by atomic mass is 10.0. The molecular weight excluding hydrogens is 427 g/mol. The molecular formula is C20H18F3N7O2. The summed E-state index contributed by atoms with van der Waals surface area (Å²) in [5.74, 6) is 0.859. The number of aromatic amines is 2. The number of H-pyrrole nitrogens is 2. The Labute approximate surface area is 178 Å². The molecule has 166 valence electrons. The van der Waals surface area contributed by atoms with Gasteiger partial charge in [0.05, 0.1) is 30.8 Å². The highest BCUT2D eigenvalue weighted by Crippen LogP contribution is 2.39. The van der Waals surface area contributed by atoms with Crippen molar-refractivity contribution in [3.63, 3.8) is 0 Å². The van der Waals surface area contributed by atoms with Crippen molar-refractivity contribution in [2.45, 2.75) is 19.1 Å². The summed E-state index contributed by atoms with van der Waals surface area (Å²) in [4.78, 5) is 23.1. The van der Waals surface area contributed by atoms with E-state index < -0.39 is 17.4 Å². The number of alkyl halides is 3. The zero-order valence-electron chi connectivity index (χ0n) is 16.8. The molecule has 0 amide bonds. The van der Waals surface area contributed by atoms with E-state index in [1.165, 1.54) is 29.1 Å². The third kappa shape index (κ3) is 3.32. The molecule has 1 fully saturated rings. The molecule has 1 aliphatic heterocycles. The number of pyridine rings is 2. The predicted octanol–water partition coefficient (Wildman–Crippen LogP) is 2.74. The minimum absolute atomic E-state index is 0.0303. The van der Waals surface area contributed by atoms with Gasteiger partial charge in [-0.05, 0) is 19.1 Å². The smallest absolute Gasteiger partial charge is 0.377 e. The van der Waals surface area contributed by atoms with Crippen molar-refractivity contribution in [3.05, 3.63) is 52.7 Å². The van der Waals surface area contributed by atoms with Crippen LogP contribution >= 0.6 is 0 Å². The minimum Gasteiger partial charge on any atom is -0.377 e. The molecule has 0 aliphatic carbocycles. The number of nitrogens with zero attached hydrogens (tertiary/aromatic N) is 5. The van der Waals surface area contributed by atoms with Gasteiger partial charge >= 0.3 is 6.18 Å². The zero-order valence-corrected chi connectivity index (χ0v) is 16.8. The molecule has 0 radical (unpaired) electrons. The van der Waals surface area contributed by atoms with Crippen LogP contribution in [0.25, 0.3) is 28.0 Å². The molecule has 1 atom stereocenters. The van der Waals surface area contributed by atoms with Crippen LogP contribution in [-0.4, -0.2) is 55.7 Å². The molecule has 1 saturated heterocycles. The van der Waals surface area contributed by atoms with Crippen molar-refractivity contribution in [3.8, 4) is 16.9 Å². The van der Waals surface area contributed by atoms with Gasteiger partial charge in [0.15, 0.2) is 11.3 Å². The van der Waals surface area contributed by atoms with Crippen molar-refractivity contribution < 1.29 is 17.9 Å². The van der Waals surface area contributed by atoms with E-state index in [2.05, 4.69) is 25.3 Å². The Hall–Kier alpha value is -3.67. The first-order valence-electron chi connectivity index (χ1n) is 9.87. The van der Waals surface area contributed by atoms with E-state index >= 15 is 0 Å². The first kappa shape index (κ1) is 20.2. The summed E-state index contributed by atoms with van der Waals surface area (Å²) in [6, 6.07) is 5.80. The fourth-order valence-electron chi connectivity index (χ4n) is 3.94. The molecule has 32 heavy (non-hydrogen) atoms. The molecule has 0 spiro atoms. The standard InChI is InChI=1S/C20H18F3N7O2/c1-11-10-32-8-7-29(11)15-9-13(12-3-2-5-24-17(12)20(21,22)23)16-18(26-15)30(28-19(16)31)14-4-6-25-27-14/h2-6,9,11H,7-8,10H2,1H3,(H,25,27)(H,28,31)/t11-/m1/s1. The summed E-state index contributed by atoms with van der Waals surface area (Å²) < 4.78 is 48.2. The van der Waals surface area contributed by atoms with E-state index in [1.807, 2.05) is 11.8 Å². The van der Waals surface area contributed by atoms with Gasteiger partial charge in [-0.1, -0.05) is 6.07 Å². The SMILES string of the molecule is C[C@@H]1COCCN1c1cc(-c2cccnc2C(F)(F)F)c2c(=O)[nH]n(-c3ccn[nH]3)c2n1. The van der Waals surface area contributed by atoms with Gasteiger partial charge in [-0.3, -0.25) is 20.0 Å². The van der Waals surface area contributed by atoms with Crippen LogP contribution in [0.3, 0.4) is 0 Å². The van der Waals surface area contributed by atoms with Crippen LogP contribution in [0.5, 0.6) is 0 Å². The van der Waals surface area contributed by atoms with E-state index in [9.17, 15) is 18.0 Å². The number of rotatable bonds is 3. The Balaban J connectivity index is 1.84. The quantitative estimate of drug-likeness (QED) is 0.503. The van der Waals surface area contributed by atoms with Gasteiger partial charge in [0, 0.05) is 29.9 Å². The normalized spacial score (nSPS) is 17.2. The maximum Gasteiger partial charge on any atom is 0.433 e. The second kappa shape index (κ2) is 7.48. The highest BCUT2D eigenvalue weighted by Gasteiger charge is 2.36. The molecule has 9 nitrogen and oxygen atoms in total. The molecule has 0 saturated carbocycles. The monoisotopic (exact) mass is 445 g/mol. The van der Waals surface area contributed by atoms with Gasteiger partial charge in [0.25, 0.3) is 5.56 Å². The number of anilines is 1. The highest BCUT2D eigenvalue weighted by molar-refractivity contribution is 5.95. The minimum atomic E-state index is -4.70. The maximum absolute atomic E-state index is 13.8. The zero-order chi connectivity index (χ0) is 22.5. The summed E-state index contributed by atoms with van der Waals surface area (Å²) in [5, 5.41) is 9.30. The summed E-state index contributed by atoms with van der Waals surface area (Å²) in [7, 11) is 0. The Kier molecular flexibility index (Phi) is 4.73. The third-order valence-corrected chi connectivity index (χ3v) is 5.39. The highest BCUT2D eigenvalue weighted by atomic mass is 19.4. The first-order valence-corrected chi connectivity index (χ1v) is 9.87. The second-order valence-corrected chi connectivity index (χ2v) is 7.46. The molecule has 0 unspecified atom stereocenters. The molecule has 12 heteroatoms. The van der Waals surface area contributed by atoms with Crippen molar-refractivity contribution in [2.75, 3.05) is 24.7 Å². The van der Waals surface area contributed by atoms with Crippen LogP contribution in [0.4, 0.5) is 19.0 Å². The number of morpholine rings is 1. The summed E-state index contributed by atoms with van der Waals surface area (Å²) in [5.41, 5.74) is -1.55. The molecule has 5 heterocycles. The molecule has 2 N–H and O–H groups in total. The van der Waals surface area contributed by atoms with Gasteiger partial charge in [-0.25, -0.2) is 9.67 Å². The number of fused-ring (bicyclic) bond motifs is 1. The molecule has 0 bridgehead atoms. The lowest BCUT2D eigenvalue weighted by Gasteiger charge is -2.34.